The number of methoxy groups -OCH3 is 1. The van der Waals surface area contributed by atoms with E-state index < -0.39 is 0 Å². The molecule has 0 unspecified atom stereocenters. The minimum Gasteiger partial charge on any atom is -0.491 e. The third-order valence-corrected chi connectivity index (χ3v) is 14.9. The molecular formula is C71H77N9O7. The second kappa shape index (κ2) is 28.8. The molecule has 1 aliphatic carbocycles. The predicted molar refractivity (Wildman–Crippen MR) is 346 cm³/mol. The standard InChI is InChI=1S/C25H27N3O2.C23H25N3O3.C23H25N3O2/c1-4-28-23-14-20(30-16(2)3)12-13-21(23)22(15-26)24(28)17-8-10-19(11-9-17)27-25(29)18-6-5-7-18;1-5-26-21-12-18(29-15(2)3)10-11-19(21)20(13-24)23(26)16-6-8-17(9-7-16)25-22(27)14-28-4;1-5-22(27)25-17-9-7-16(8-10-17)23-20(14-24)19-12-11-18(28-15(3)4)13-21(19)26(23)6-2/h8-14,16,18H,4-7H2,1-3H3,(H,27,29);6-12,15H,5,14H2,1-4H3,(H,25,27);7-13,15H,5-6H2,1-4H3,(H,25,27). The van der Waals surface area contributed by atoms with Crippen LogP contribution in [0.25, 0.3) is 66.5 Å². The van der Waals surface area contributed by atoms with E-state index >= 15 is 0 Å². The molecule has 0 radical (unpaired) electrons. The van der Waals surface area contributed by atoms with E-state index in [1.165, 1.54) is 7.11 Å². The summed E-state index contributed by atoms with van der Waals surface area (Å²) >= 11 is 0. The van der Waals surface area contributed by atoms with E-state index in [2.05, 4.69) is 68.6 Å². The molecule has 1 fully saturated rings. The first kappa shape index (κ1) is 63.2. The fraction of sp³-hybridized carbons (Fsp3) is 0.324. The van der Waals surface area contributed by atoms with Crippen molar-refractivity contribution >= 4 is 67.5 Å². The lowest BCUT2D eigenvalue weighted by Gasteiger charge is -2.24. The number of nitrogens with zero attached hydrogens (tertiary/aromatic N) is 6. The molecule has 448 valence electrons. The Hall–Kier alpha value is -9.82. The van der Waals surface area contributed by atoms with Crippen LogP contribution in [0.1, 0.15) is 112 Å². The van der Waals surface area contributed by atoms with Gasteiger partial charge >= 0.3 is 0 Å². The van der Waals surface area contributed by atoms with Crippen molar-refractivity contribution < 1.29 is 33.3 Å². The van der Waals surface area contributed by atoms with E-state index in [0.29, 0.717) is 35.3 Å². The normalized spacial score (nSPS) is 11.9. The monoisotopic (exact) mass is 1170 g/mol. The fourth-order valence-corrected chi connectivity index (χ4v) is 10.9. The molecule has 16 nitrogen and oxygen atoms in total. The number of amides is 3. The van der Waals surface area contributed by atoms with Crippen molar-refractivity contribution in [1.29, 1.82) is 15.8 Å². The number of carbonyl (C=O) groups excluding carboxylic acids is 3. The highest BCUT2D eigenvalue weighted by atomic mass is 16.5. The van der Waals surface area contributed by atoms with E-state index in [1.54, 1.807) is 0 Å². The van der Waals surface area contributed by atoms with Gasteiger partial charge in [-0.1, -0.05) is 49.7 Å². The van der Waals surface area contributed by atoms with Crippen LogP contribution >= 0.6 is 0 Å². The van der Waals surface area contributed by atoms with Crippen LogP contribution in [0.5, 0.6) is 17.2 Å². The number of hydrogen-bond donors (Lipinski definition) is 3. The van der Waals surface area contributed by atoms with Crippen molar-refractivity contribution in [1.82, 2.24) is 13.7 Å². The first-order valence-corrected chi connectivity index (χ1v) is 29.9. The number of nitrogens with one attached hydrogen (secondary N) is 3. The SMILES string of the molecule is CCC(=O)Nc1ccc(-c2c(C#N)c3ccc(OC(C)C)cc3n2CC)cc1.CCn1c(-c2ccc(NC(=O)C3CCC3)cc2)c(C#N)c2ccc(OC(C)C)cc21.CCn1c(-c2ccc(NC(=O)COC)cc2)c(C#N)c2ccc(OC(C)C)cc21. The van der Waals surface area contributed by atoms with Gasteiger partial charge in [0.25, 0.3) is 0 Å². The maximum Gasteiger partial charge on any atom is 0.250 e. The molecule has 1 saturated carbocycles. The Morgan fingerprint density at radius 3 is 1.07 bits per heavy atom. The second-order valence-electron chi connectivity index (χ2n) is 22.0. The van der Waals surface area contributed by atoms with Crippen LogP contribution in [0.3, 0.4) is 0 Å². The van der Waals surface area contributed by atoms with E-state index in [-0.39, 0.29) is 48.6 Å². The first-order valence-electron chi connectivity index (χ1n) is 29.9. The van der Waals surface area contributed by atoms with Crippen molar-refractivity contribution in [3.05, 3.63) is 144 Å². The molecule has 3 aromatic heterocycles. The van der Waals surface area contributed by atoms with E-state index in [1.807, 2.05) is 176 Å². The average molecular weight is 1170 g/mol. The number of fused-ring (bicyclic) bond motifs is 3. The number of ether oxygens (including phenoxy) is 4. The molecular weight excluding hydrogens is 1090 g/mol. The highest BCUT2D eigenvalue weighted by Gasteiger charge is 2.26. The van der Waals surface area contributed by atoms with Crippen LogP contribution < -0.4 is 30.2 Å². The van der Waals surface area contributed by atoms with Gasteiger partial charge in [0.2, 0.25) is 17.7 Å². The summed E-state index contributed by atoms with van der Waals surface area (Å²) in [4.78, 5) is 35.5. The minimum atomic E-state index is -0.210. The number of carbonyl (C=O) groups is 3. The van der Waals surface area contributed by atoms with Crippen LogP contribution in [0.15, 0.2) is 127 Å². The Morgan fingerprint density at radius 2 is 0.805 bits per heavy atom. The molecule has 87 heavy (non-hydrogen) atoms. The van der Waals surface area contributed by atoms with Gasteiger partial charge in [-0.25, -0.2) is 0 Å². The summed E-state index contributed by atoms with van der Waals surface area (Å²) in [5.74, 6) is 2.40. The third-order valence-electron chi connectivity index (χ3n) is 14.9. The number of anilines is 3. The molecule has 6 aromatic carbocycles. The number of rotatable bonds is 19. The van der Waals surface area contributed by atoms with Gasteiger partial charge in [-0.15, -0.1) is 0 Å². The largest absolute Gasteiger partial charge is 0.491 e. The van der Waals surface area contributed by atoms with Crippen LogP contribution in [0, 0.1) is 39.9 Å². The predicted octanol–water partition coefficient (Wildman–Crippen LogP) is 15.6. The van der Waals surface area contributed by atoms with Gasteiger partial charge in [-0.3, -0.25) is 14.4 Å². The van der Waals surface area contributed by atoms with Crippen LogP contribution in [0.4, 0.5) is 17.1 Å². The van der Waals surface area contributed by atoms with Gasteiger partial charge in [-0.2, -0.15) is 15.8 Å². The van der Waals surface area contributed by atoms with Crippen LogP contribution in [-0.4, -0.2) is 63.5 Å². The third kappa shape index (κ3) is 14.5. The summed E-state index contributed by atoms with van der Waals surface area (Å²) in [7, 11) is 1.48. The van der Waals surface area contributed by atoms with E-state index in [0.717, 1.165) is 127 Å². The summed E-state index contributed by atoms with van der Waals surface area (Å²) in [6.45, 7) is 22.2. The van der Waals surface area contributed by atoms with Crippen molar-refractivity contribution in [3.8, 4) is 69.2 Å². The van der Waals surface area contributed by atoms with Gasteiger partial charge in [0.1, 0.15) is 42.1 Å². The smallest absolute Gasteiger partial charge is 0.250 e. The summed E-state index contributed by atoms with van der Waals surface area (Å²) in [5.41, 5.74) is 12.6. The quantitative estimate of drug-likeness (QED) is 0.0697. The Kier molecular flexibility index (Phi) is 21.0. The van der Waals surface area contributed by atoms with Crippen molar-refractivity contribution in [2.75, 3.05) is 29.7 Å². The van der Waals surface area contributed by atoms with Crippen LogP contribution in [-0.2, 0) is 38.8 Å². The van der Waals surface area contributed by atoms with Gasteiger partial charge in [-0.05, 0) is 165 Å². The second-order valence-corrected chi connectivity index (χ2v) is 22.0. The van der Waals surface area contributed by atoms with Gasteiger partial charge < -0.3 is 48.6 Å². The number of aromatic nitrogens is 3. The zero-order valence-electron chi connectivity index (χ0n) is 51.6. The molecule has 0 atom stereocenters. The summed E-state index contributed by atoms with van der Waals surface area (Å²) in [6.07, 6.45) is 3.79. The summed E-state index contributed by atoms with van der Waals surface area (Å²) < 4.78 is 28.8. The van der Waals surface area contributed by atoms with E-state index in [9.17, 15) is 30.2 Å². The molecule has 0 saturated heterocycles. The summed E-state index contributed by atoms with van der Waals surface area (Å²) in [6, 6.07) is 47.6. The molecule has 3 heterocycles. The molecule has 16 heteroatoms. The summed E-state index contributed by atoms with van der Waals surface area (Å²) in [5, 5.41) is 41.0. The first-order chi connectivity index (χ1) is 42.0. The van der Waals surface area contributed by atoms with Crippen molar-refractivity contribution in [2.45, 2.75) is 133 Å². The molecule has 10 rings (SSSR count). The molecule has 3 amide bonds. The van der Waals surface area contributed by atoms with Gasteiger partial charge in [0.05, 0.1) is 68.6 Å². The molecule has 0 aliphatic heterocycles. The Morgan fingerprint density at radius 1 is 0.483 bits per heavy atom. The lowest BCUT2D eigenvalue weighted by atomic mass is 9.85. The highest BCUT2D eigenvalue weighted by molar-refractivity contribution is 5.99. The molecule has 0 spiro atoms. The van der Waals surface area contributed by atoms with Gasteiger partial charge in [0.15, 0.2) is 0 Å². The average Bonchev–Trinajstić information content (AvgIpc) is 1.73. The lowest BCUT2D eigenvalue weighted by Crippen LogP contribution is -2.27. The molecule has 0 bridgehead atoms. The van der Waals surface area contributed by atoms with Crippen LogP contribution in [0.2, 0.25) is 0 Å². The molecule has 1 aliphatic rings. The Bertz CT molecular complexity index is 4050. The van der Waals surface area contributed by atoms with Crippen molar-refractivity contribution in [3.63, 3.8) is 0 Å². The number of hydrogen-bond acceptors (Lipinski definition) is 10. The van der Waals surface area contributed by atoms with Gasteiger partial charge in [0, 0.05) is 90.5 Å². The highest BCUT2D eigenvalue weighted by Crippen LogP contribution is 2.40. The number of nitriles is 3. The maximum atomic E-state index is 12.2. The zero-order valence-corrected chi connectivity index (χ0v) is 51.6. The van der Waals surface area contributed by atoms with Crippen molar-refractivity contribution in [2.24, 2.45) is 5.92 Å². The fourth-order valence-electron chi connectivity index (χ4n) is 10.9. The minimum absolute atomic E-state index is 0.00515. The zero-order chi connectivity index (χ0) is 62.5. The lowest BCUT2D eigenvalue weighted by molar-refractivity contribution is -0.122. The number of aryl methyl sites for hydroxylation is 3. The topological polar surface area (TPSA) is 210 Å². The maximum absolute atomic E-state index is 12.2. The molecule has 3 N–H and O–H groups in total. The van der Waals surface area contributed by atoms with E-state index in [4.69, 9.17) is 18.9 Å². The number of benzene rings is 6. The Balaban J connectivity index is 0.000000169. The molecule has 9 aromatic rings. The Labute approximate surface area is 509 Å².